The van der Waals surface area contributed by atoms with Crippen molar-refractivity contribution in [3.05, 3.63) is 46.8 Å². The fourth-order valence-corrected chi connectivity index (χ4v) is 3.18. The molecule has 31 heavy (non-hydrogen) atoms. The number of aromatic nitrogens is 2. The summed E-state index contributed by atoms with van der Waals surface area (Å²) in [6.07, 6.45) is -9.38. The second-order valence-electron chi connectivity index (χ2n) is 7.15. The molecule has 0 amide bonds. The van der Waals surface area contributed by atoms with Crippen LogP contribution >= 0.6 is 0 Å². The number of carboxylic acid groups (broad SMARTS) is 1. The van der Waals surface area contributed by atoms with Gasteiger partial charge in [0, 0.05) is 24.7 Å². The molecule has 0 radical (unpaired) electrons. The number of nitrogens with zero attached hydrogens (tertiary/aromatic N) is 3. The van der Waals surface area contributed by atoms with Crippen LogP contribution in [0.4, 0.5) is 32.3 Å². The summed E-state index contributed by atoms with van der Waals surface area (Å²) in [6, 6.07) is 2.42. The number of carbonyl (C=O) groups is 1. The number of aryl methyl sites for hydroxylation is 1. The number of benzene rings is 1. The third kappa shape index (κ3) is 5.56. The number of alkyl halides is 6. The van der Waals surface area contributed by atoms with Crippen LogP contribution in [-0.4, -0.2) is 40.7 Å². The van der Waals surface area contributed by atoms with Gasteiger partial charge in [-0.05, 0) is 37.6 Å². The lowest BCUT2D eigenvalue weighted by Gasteiger charge is -2.18. The normalized spacial score (nSPS) is 17.1. The van der Waals surface area contributed by atoms with Crippen molar-refractivity contribution in [2.75, 3.05) is 24.6 Å². The highest BCUT2D eigenvalue weighted by Crippen LogP contribution is 2.38. The maximum atomic E-state index is 13.0. The number of rotatable bonds is 5. The van der Waals surface area contributed by atoms with Gasteiger partial charge >= 0.3 is 18.3 Å². The second-order valence-corrected chi connectivity index (χ2v) is 7.15. The molecular weight excluding hydrogens is 432 g/mol. The molecule has 1 N–H and O–H groups in total. The first-order valence-corrected chi connectivity index (χ1v) is 9.09. The highest BCUT2D eigenvalue weighted by molar-refractivity contribution is 5.85. The van der Waals surface area contributed by atoms with E-state index in [9.17, 15) is 31.1 Å². The number of carboxylic acids is 1. The van der Waals surface area contributed by atoms with Crippen LogP contribution in [0.3, 0.4) is 0 Å². The summed E-state index contributed by atoms with van der Waals surface area (Å²) in [5.41, 5.74) is -2.61. The minimum atomic E-state index is -4.95. The molecule has 1 unspecified atom stereocenters. The summed E-state index contributed by atoms with van der Waals surface area (Å²) >= 11 is 0. The fraction of sp³-hybridized carbons (Fsp3) is 0.421. The van der Waals surface area contributed by atoms with Gasteiger partial charge < -0.3 is 14.7 Å². The summed E-state index contributed by atoms with van der Waals surface area (Å²) in [4.78, 5) is 21.0. The lowest BCUT2D eigenvalue weighted by atomic mass is 10.1. The van der Waals surface area contributed by atoms with Gasteiger partial charge in [-0.2, -0.15) is 26.3 Å². The van der Waals surface area contributed by atoms with Crippen LogP contribution in [0.2, 0.25) is 0 Å². The molecule has 168 valence electrons. The van der Waals surface area contributed by atoms with Gasteiger partial charge in [-0.3, -0.25) is 0 Å². The third-order valence-corrected chi connectivity index (χ3v) is 4.68. The third-order valence-electron chi connectivity index (χ3n) is 4.68. The predicted octanol–water partition coefficient (Wildman–Crippen LogP) is 4.43. The monoisotopic (exact) mass is 449 g/mol. The molecule has 6 nitrogen and oxygen atoms in total. The standard InChI is InChI=1S/C19H17F6N3O3/c1-10-4-15(16(29)30)27-17(26-10)28-3-2-11(8-28)9-31-14-6-12(18(20,21)22)5-13(7-14)19(23,24)25/h4-7,11H,2-3,8-9H2,1H3,(H,29,30). The molecule has 12 heteroatoms. The van der Waals surface area contributed by atoms with E-state index in [1.807, 2.05) is 0 Å². The van der Waals surface area contributed by atoms with Crippen LogP contribution in [0.1, 0.15) is 33.7 Å². The minimum absolute atomic E-state index is 0.0409. The van der Waals surface area contributed by atoms with Gasteiger partial charge in [0.15, 0.2) is 5.69 Å². The van der Waals surface area contributed by atoms with E-state index in [0.717, 1.165) is 0 Å². The predicted molar refractivity (Wildman–Crippen MR) is 96.0 cm³/mol. The van der Waals surface area contributed by atoms with Crippen molar-refractivity contribution in [2.45, 2.75) is 25.7 Å². The first kappa shape index (κ1) is 22.6. The Hall–Kier alpha value is -3.05. The molecule has 0 aliphatic carbocycles. The zero-order chi connectivity index (χ0) is 23.0. The summed E-state index contributed by atoms with van der Waals surface area (Å²) in [6.45, 7) is 2.24. The van der Waals surface area contributed by atoms with Crippen molar-refractivity contribution >= 4 is 11.9 Å². The molecule has 0 bridgehead atoms. The zero-order valence-electron chi connectivity index (χ0n) is 16.1. The van der Waals surface area contributed by atoms with Crippen molar-refractivity contribution in [2.24, 2.45) is 5.92 Å². The van der Waals surface area contributed by atoms with Crippen LogP contribution in [-0.2, 0) is 12.4 Å². The average Bonchev–Trinajstić information content (AvgIpc) is 3.13. The Labute approximate surface area is 172 Å². The first-order valence-electron chi connectivity index (χ1n) is 9.09. The Balaban J connectivity index is 1.71. The van der Waals surface area contributed by atoms with Crippen LogP contribution in [0.5, 0.6) is 5.75 Å². The van der Waals surface area contributed by atoms with Crippen LogP contribution in [0.15, 0.2) is 24.3 Å². The molecule has 1 aliphatic heterocycles. The van der Waals surface area contributed by atoms with E-state index >= 15 is 0 Å². The number of hydrogen-bond acceptors (Lipinski definition) is 5. The van der Waals surface area contributed by atoms with Crippen molar-refractivity contribution < 1.29 is 41.0 Å². The topological polar surface area (TPSA) is 75.5 Å². The van der Waals surface area contributed by atoms with E-state index in [4.69, 9.17) is 9.84 Å². The molecule has 2 aromatic rings. The van der Waals surface area contributed by atoms with E-state index in [1.165, 1.54) is 6.07 Å². The van der Waals surface area contributed by atoms with Crippen molar-refractivity contribution in [3.63, 3.8) is 0 Å². The fourth-order valence-electron chi connectivity index (χ4n) is 3.18. The number of ether oxygens (including phenoxy) is 1. The van der Waals surface area contributed by atoms with E-state index in [-0.39, 0.29) is 30.2 Å². The number of hydrogen-bond donors (Lipinski definition) is 1. The molecule has 1 atom stereocenters. The van der Waals surface area contributed by atoms with Gasteiger partial charge in [0.05, 0.1) is 17.7 Å². The van der Waals surface area contributed by atoms with Gasteiger partial charge in [-0.25, -0.2) is 14.8 Å². The molecule has 1 aromatic carbocycles. The Morgan fingerprint density at radius 2 is 1.71 bits per heavy atom. The van der Waals surface area contributed by atoms with Crippen molar-refractivity contribution in [1.29, 1.82) is 0 Å². The Kier molecular flexibility index (Phi) is 6.01. The number of aromatic carboxylic acids is 1. The first-order chi connectivity index (χ1) is 14.3. The van der Waals surface area contributed by atoms with E-state index in [0.29, 0.717) is 37.3 Å². The molecule has 1 aromatic heterocycles. The Bertz CT molecular complexity index is 945. The summed E-state index contributed by atoms with van der Waals surface area (Å²) in [5, 5.41) is 9.11. The van der Waals surface area contributed by atoms with Crippen molar-refractivity contribution in [1.82, 2.24) is 9.97 Å². The van der Waals surface area contributed by atoms with E-state index < -0.39 is 35.2 Å². The number of halogens is 6. The highest BCUT2D eigenvalue weighted by Gasteiger charge is 2.37. The van der Waals surface area contributed by atoms with Gasteiger partial charge in [0.1, 0.15) is 5.75 Å². The molecule has 1 fully saturated rings. The van der Waals surface area contributed by atoms with Crippen LogP contribution < -0.4 is 9.64 Å². The molecule has 1 aliphatic rings. The molecular formula is C19H17F6N3O3. The lowest BCUT2D eigenvalue weighted by molar-refractivity contribution is -0.143. The van der Waals surface area contributed by atoms with Gasteiger partial charge in [-0.15, -0.1) is 0 Å². The maximum Gasteiger partial charge on any atom is 0.416 e. The van der Waals surface area contributed by atoms with E-state index in [2.05, 4.69) is 9.97 Å². The summed E-state index contributed by atoms with van der Waals surface area (Å²) < 4.78 is 83.0. The summed E-state index contributed by atoms with van der Waals surface area (Å²) in [5.74, 6) is -1.77. The second kappa shape index (κ2) is 8.23. The Morgan fingerprint density at radius 1 is 1.10 bits per heavy atom. The molecule has 2 heterocycles. The zero-order valence-corrected chi connectivity index (χ0v) is 16.1. The van der Waals surface area contributed by atoms with Gasteiger partial charge in [-0.1, -0.05) is 0 Å². The number of anilines is 1. The Morgan fingerprint density at radius 3 is 2.26 bits per heavy atom. The largest absolute Gasteiger partial charge is 0.493 e. The van der Waals surface area contributed by atoms with Gasteiger partial charge in [0.25, 0.3) is 0 Å². The average molecular weight is 449 g/mol. The smallest absolute Gasteiger partial charge is 0.416 e. The SMILES string of the molecule is Cc1cc(C(=O)O)nc(N2CCC(COc3cc(C(F)(F)F)cc(C(F)(F)F)c3)C2)n1. The van der Waals surface area contributed by atoms with Crippen LogP contribution in [0, 0.1) is 12.8 Å². The molecule has 3 rings (SSSR count). The molecule has 0 saturated carbocycles. The molecule has 1 saturated heterocycles. The quantitative estimate of drug-likeness (QED) is 0.681. The van der Waals surface area contributed by atoms with Crippen molar-refractivity contribution in [3.8, 4) is 5.75 Å². The highest BCUT2D eigenvalue weighted by atomic mass is 19.4. The summed E-state index contributed by atoms with van der Waals surface area (Å²) in [7, 11) is 0. The maximum absolute atomic E-state index is 13.0. The van der Waals surface area contributed by atoms with E-state index in [1.54, 1.807) is 11.8 Å². The lowest BCUT2D eigenvalue weighted by Crippen LogP contribution is -2.25. The van der Waals surface area contributed by atoms with Gasteiger partial charge in [0.2, 0.25) is 5.95 Å². The minimum Gasteiger partial charge on any atom is -0.493 e. The van der Waals surface area contributed by atoms with Crippen LogP contribution in [0.25, 0.3) is 0 Å². The molecule has 0 spiro atoms.